The highest BCUT2D eigenvalue weighted by Gasteiger charge is 2.12. The second kappa shape index (κ2) is 8.28. The van der Waals surface area contributed by atoms with Gasteiger partial charge in [0.15, 0.2) is 0 Å². The van der Waals surface area contributed by atoms with Crippen molar-refractivity contribution in [2.45, 2.75) is 45.7 Å². The zero-order valence-electron chi connectivity index (χ0n) is 12.3. The van der Waals surface area contributed by atoms with Gasteiger partial charge < -0.3 is 10.2 Å². The maximum absolute atomic E-state index is 3.58. The third-order valence-corrected chi connectivity index (χ3v) is 3.77. The lowest BCUT2D eigenvalue weighted by atomic mass is 10.0. The van der Waals surface area contributed by atoms with Crippen molar-refractivity contribution in [2.24, 2.45) is 0 Å². The average molecular weight is 248 g/mol. The summed E-state index contributed by atoms with van der Waals surface area (Å²) in [5.74, 6) is 0. The van der Waals surface area contributed by atoms with E-state index >= 15 is 0 Å². The highest BCUT2D eigenvalue weighted by molar-refractivity contribution is 5.18. The molecular formula is C16H28N2. The first-order valence-electron chi connectivity index (χ1n) is 7.17. The lowest BCUT2D eigenvalue weighted by Crippen LogP contribution is -2.32. The molecule has 0 aromatic heterocycles. The van der Waals surface area contributed by atoms with E-state index in [2.05, 4.69) is 68.4 Å². The Morgan fingerprint density at radius 1 is 1.17 bits per heavy atom. The minimum Gasteiger partial charge on any atom is -0.310 e. The molecule has 2 unspecified atom stereocenters. The maximum Gasteiger partial charge on any atom is 0.0332 e. The van der Waals surface area contributed by atoms with Gasteiger partial charge in [0.05, 0.1) is 0 Å². The van der Waals surface area contributed by atoms with Crippen molar-refractivity contribution in [3.63, 3.8) is 0 Å². The van der Waals surface area contributed by atoms with Crippen LogP contribution in [0.5, 0.6) is 0 Å². The topological polar surface area (TPSA) is 15.3 Å². The van der Waals surface area contributed by atoms with Crippen molar-refractivity contribution in [3.05, 3.63) is 35.9 Å². The molecule has 1 aromatic rings. The summed E-state index contributed by atoms with van der Waals surface area (Å²) in [5.41, 5.74) is 1.40. The molecule has 0 saturated carbocycles. The molecule has 2 atom stereocenters. The van der Waals surface area contributed by atoms with Gasteiger partial charge in [0, 0.05) is 12.1 Å². The van der Waals surface area contributed by atoms with Gasteiger partial charge in [-0.3, -0.25) is 0 Å². The molecule has 0 amide bonds. The summed E-state index contributed by atoms with van der Waals surface area (Å²) in [4.78, 5) is 2.45. The average Bonchev–Trinajstić information content (AvgIpc) is 2.43. The van der Waals surface area contributed by atoms with Crippen molar-refractivity contribution in [1.82, 2.24) is 10.2 Å². The van der Waals surface area contributed by atoms with Gasteiger partial charge in [-0.2, -0.15) is 0 Å². The summed E-state index contributed by atoms with van der Waals surface area (Å²) in [6, 6.07) is 11.9. The molecule has 1 rings (SSSR count). The van der Waals surface area contributed by atoms with Gasteiger partial charge in [-0.25, -0.2) is 0 Å². The third-order valence-electron chi connectivity index (χ3n) is 3.77. The zero-order chi connectivity index (χ0) is 13.4. The van der Waals surface area contributed by atoms with Crippen LogP contribution in [0.25, 0.3) is 0 Å². The van der Waals surface area contributed by atoms with Gasteiger partial charge in [0.2, 0.25) is 0 Å². The van der Waals surface area contributed by atoms with Gasteiger partial charge in [0.25, 0.3) is 0 Å². The van der Waals surface area contributed by atoms with Gasteiger partial charge in [-0.15, -0.1) is 0 Å². The molecule has 0 heterocycles. The molecule has 0 radical (unpaired) electrons. The standard InChI is InChI=1S/C16H28N2/c1-5-14(3)18(4)13-12-16(17-6-2)15-10-8-7-9-11-15/h7-11,14,16-17H,5-6,12-13H2,1-4H3. The highest BCUT2D eigenvalue weighted by Crippen LogP contribution is 2.17. The number of hydrogen-bond donors (Lipinski definition) is 1. The Bertz CT molecular complexity index is 310. The van der Waals surface area contributed by atoms with Gasteiger partial charge in [-0.05, 0) is 45.5 Å². The Morgan fingerprint density at radius 2 is 1.83 bits per heavy atom. The summed E-state index contributed by atoms with van der Waals surface area (Å²) in [6.45, 7) is 8.88. The summed E-state index contributed by atoms with van der Waals surface area (Å²) in [7, 11) is 2.22. The van der Waals surface area contributed by atoms with E-state index in [1.165, 1.54) is 18.4 Å². The number of benzene rings is 1. The van der Waals surface area contributed by atoms with E-state index in [9.17, 15) is 0 Å². The number of rotatable bonds is 8. The second-order valence-corrected chi connectivity index (χ2v) is 5.05. The number of nitrogens with one attached hydrogen (secondary N) is 1. The SMILES string of the molecule is CCNC(CCN(C)C(C)CC)c1ccccc1. The first kappa shape index (κ1) is 15.2. The highest BCUT2D eigenvalue weighted by atomic mass is 15.1. The molecule has 0 fully saturated rings. The Hall–Kier alpha value is -0.860. The Kier molecular flexibility index (Phi) is 6.99. The molecule has 1 N–H and O–H groups in total. The first-order valence-corrected chi connectivity index (χ1v) is 7.17. The second-order valence-electron chi connectivity index (χ2n) is 5.05. The Morgan fingerprint density at radius 3 is 2.39 bits per heavy atom. The predicted molar refractivity (Wildman–Crippen MR) is 79.9 cm³/mol. The molecule has 0 spiro atoms. The fourth-order valence-corrected chi connectivity index (χ4v) is 2.18. The summed E-state index contributed by atoms with van der Waals surface area (Å²) in [5, 5.41) is 3.58. The molecular weight excluding hydrogens is 220 g/mol. The van der Waals surface area contributed by atoms with Crippen molar-refractivity contribution in [1.29, 1.82) is 0 Å². The molecule has 1 aromatic carbocycles. The fraction of sp³-hybridized carbons (Fsp3) is 0.625. The van der Waals surface area contributed by atoms with Crippen molar-refractivity contribution in [3.8, 4) is 0 Å². The smallest absolute Gasteiger partial charge is 0.0332 e. The van der Waals surface area contributed by atoms with Crippen LogP contribution in [0.1, 0.15) is 45.2 Å². The van der Waals surface area contributed by atoms with E-state index in [0.717, 1.165) is 13.1 Å². The fourth-order valence-electron chi connectivity index (χ4n) is 2.18. The predicted octanol–water partition coefficient (Wildman–Crippen LogP) is 3.46. The van der Waals surface area contributed by atoms with E-state index < -0.39 is 0 Å². The molecule has 18 heavy (non-hydrogen) atoms. The maximum atomic E-state index is 3.58. The lowest BCUT2D eigenvalue weighted by Gasteiger charge is -2.26. The molecule has 0 aliphatic carbocycles. The molecule has 0 aliphatic rings. The molecule has 0 saturated heterocycles. The largest absolute Gasteiger partial charge is 0.310 e. The van der Waals surface area contributed by atoms with Crippen LogP contribution in [0.4, 0.5) is 0 Å². The van der Waals surface area contributed by atoms with Crippen LogP contribution in [0.15, 0.2) is 30.3 Å². The van der Waals surface area contributed by atoms with Crippen molar-refractivity contribution in [2.75, 3.05) is 20.1 Å². The number of nitrogens with zero attached hydrogens (tertiary/aromatic N) is 1. The van der Waals surface area contributed by atoms with Crippen LogP contribution in [0, 0.1) is 0 Å². The van der Waals surface area contributed by atoms with Gasteiger partial charge in [-0.1, -0.05) is 44.2 Å². The van der Waals surface area contributed by atoms with E-state index in [0.29, 0.717) is 12.1 Å². The van der Waals surface area contributed by atoms with Gasteiger partial charge in [0.1, 0.15) is 0 Å². The van der Waals surface area contributed by atoms with E-state index in [1.54, 1.807) is 0 Å². The van der Waals surface area contributed by atoms with Crippen molar-refractivity contribution >= 4 is 0 Å². The summed E-state index contributed by atoms with van der Waals surface area (Å²) >= 11 is 0. The minimum absolute atomic E-state index is 0.475. The quantitative estimate of drug-likeness (QED) is 0.758. The summed E-state index contributed by atoms with van der Waals surface area (Å²) < 4.78 is 0. The van der Waals surface area contributed by atoms with Crippen molar-refractivity contribution < 1.29 is 0 Å². The van der Waals surface area contributed by atoms with Crippen LogP contribution in [0.3, 0.4) is 0 Å². The normalized spacial score (nSPS) is 14.7. The van der Waals surface area contributed by atoms with E-state index in [-0.39, 0.29) is 0 Å². The third kappa shape index (κ3) is 4.79. The Balaban J connectivity index is 2.54. The van der Waals surface area contributed by atoms with Crippen LogP contribution >= 0.6 is 0 Å². The molecule has 2 heteroatoms. The molecule has 2 nitrogen and oxygen atoms in total. The van der Waals surface area contributed by atoms with Crippen LogP contribution in [-0.2, 0) is 0 Å². The van der Waals surface area contributed by atoms with Crippen LogP contribution in [0.2, 0.25) is 0 Å². The molecule has 0 bridgehead atoms. The summed E-state index contributed by atoms with van der Waals surface area (Å²) in [6.07, 6.45) is 2.38. The van der Waals surface area contributed by atoms with E-state index in [1.807, 2.05) is 0 Å². The molecule has 0 aliphatic heterocycles. The molecule has 102 valence electrons. The first-order chi connectivity index (χ1) is 8.69. The Labute approximate surface area is 112 Å². The van der Waals surface area contributed by atoms with Crippen LogP contribution < -0.4 is 5.32 Å². The van der Waals surface area contributed by atoms with Gasteiger partial charge >= 0.3 is 0 Å². The number of hydrogen-bond acceptors (Lipinski definition) is 2. The van der Waals surface area contributed by atoms with E-state index in [4.69, 9.17) is 0 Å². The lowest BCUT2D eigenvalue weighted by molar-refractivity contribution is 0.238. The zero-order valence-corrected chi connectivity index (χ0v) is 12.3. The van der Waals surface area contributed by atoms with Crippen LogP contribution in [-0.4, -0.2) is 31.1 Å². The monoisotopic (exact) mass is 248 g/mol. The minimum atomic E-state index is 0.475.